The van der Waals surface area contributed by atoms with Gasteiger partial charge in [0.15, 0.2) is 5.78 Å². The lowest BCUT2D eigenvalue weighted by Gasteiger charge is -2.43. The third-order valence-electron chi connectivity index (χ3n) is 6.14. The quantitative estimate of drug-likeness (QED) is 0.574. The highest BCUT2D eigenvalue weighted by molar-refractivity contribution is 6.08. The van der Waals surface area contributed by atoms with Gasteiger partial charge in [0.05, 0.1) is 11.3 Å². The summed E-state index contributed by atoms with van der Waals surface area (Å²) in [7, 11) is 0. The Labute approximate surface area is 179 Å². The van der Waals surface area contributed by atoms with Gasteiger partial charge in [0.2, 0.25) is 5.91 Å². The molecule has 0 saturated heterocycles. The summed E-state index contributed by atoms with van der Waals surface area (Å²) in [5.74, 6) is -0.723. The Kier molecular flexibility index (Phi) is 5.07. The van der Waals surface area contributed by atoms with E-state index in [0.29, 0.717) is 29.7 Å². The molecule has 0 aromatic heterocycles. The SMILES string of the molecule is Cc1ccccc1N1C(=O)CC(c2ccc(C(F)(F)F)cc2)C2=C1CC(C)(C)CC2=O. The second-order valence-corrected chi connectivity index (χ2v) is 9.19. The number of Topliss-reactive ketones (excluding diaryl/α,β-unsaturated/α-hetero) is 1. The largest absolute Gasteiger partial charge is 0.416 e. The van der Waals surface area contributed by atoms with Gasteiger partial charge in [-0.1, -0.05) is 44.2 Å². The number of allylic oxidation sites excluding steroid dienone is 2. The Morgan fingerprint density at radius 3 is 2.23 bits per heavy atom. The van der Waals surface area contributed by atoms with Gasteiger partial charge in [-0.3, -0.25) is 14.5 Å². The lowest BCUT2D eigenvalue weighted by atomic mass is 9.69. The van der Waals surface area contributed by atoms with Gasteiger partial charge in [0.1, 0.15) is 0 Å². The molecular weight excluding hydrogens is 403 g/mol. The van der Waals surface area contributed by atoms with E-state index < -0.39 is 17.7 Å². The van der Waals surface area contributed by atoms with E-state index in [2.05, 4.69) is 0 Å². The van der Waals surface area contributed by atoms with Crippen molar-refractivity contribution in [1.82, 2.24) is 0 Å². The monoisotopic (exact) mass is 427 g/mol. The normalized spacial score (nSPS) is 21.4. The van der Waals surface area contributed by atoms with Gasteiger partial charge >= 0.3 is 6.18 Å². The number of aryl methyl sites for hydroxylation is 1. The van der Waals surface area contributed by atoms with Crippen molar-refractivity contribution < 1.29 is 22.8 Å². The van der Waals surface area contributed by atoms with E-state index >= 15 is 0 Å². The van der Waals surface area contributed by atoms with Crippen molar-refractivity contribution >= 4 is 17.4 Å². The van der Waals surface area contributed by atoms with Crippen LogP contribution in [0.5, 0.6) is 0 Å². The number of carbonyl (C=O) groups is 2. The molecule has 0 bridgehead atoms. The van der Waals surface area contributed by atoms with Gasteiger partial charge in [0.25, 0.3) is 0 Å². The molecule has 1 atom stereocenters. The Morgan fingerprint density at radius 1 is 0.968 bits per heavy atom. The first kappa shape index (κ1) is 21.3. The van der Waals surface area contributed by atoms with Crippen LogP contribution >= 0.6 is 0 Å². The lowest BCUT2D eigenvalue weighted by molar-refractivity contribution is -0.137. The maximum atomic E-state index is 13.3. The second kappa shape index (κ2) is 7.36. The summed E-state index contributed by atoms with van der Waals surface area (Å²) in [5.41, 5.74) is 2.41. The third-order valence-corrected chi connectivity index (χ3v) is 6.14. The van der Waals surface area contributed by atoms with Crippen LogP contribution in [0, 0.1) is 12.3 Å². The summed E-state index contributed by atoms with van der Waals surface area (Å²) in [6, 6.07) is 12.3. The van der Waals surface area contributed by atoms with Crippen molar-refractivity contribution in [3.05, 3.63) is 76.5 Å². The van der Waals surface area contributed by atoms with Gasteiger partial charge < -0.3 is 0 Å². The summed E-state index contributed by atoms with van der Waals surface area (Å²) >= 11 is 0. The van der Waals surface area contributed by atoms with Crippen molar-refractivity contribution in [3.63, 3.8) is 0 Å². The fraction of sp³-hybridized carbons (Fsp3) is 0.360. The van der Waals surface area contributed by atoms with Crippen LogP contribution < -0.4 is 4.90 Å². The number of rotatable bonds is 2. The van der Waals surface area contributed by atoms with E-state index in [1.807, 2.05) is 45.0 Å². The van der Waals surface area contributed by atoms with E-state index in [1.165, 1.54) is 12.1 Å². The predicted octanol–water partition coefficient (Wildman–Crippen LogP) is 6.18. The fourth-order valence-electron chi connectivity index (χ4n) is 4.70. The number of hydrogen-bond acceptors (Lipinski definition) is 2. The Hall–Kier alpha value is -2.89. The molecule has 2 aliphatic rings. The molecule has 0 fully saturated rings. The number of alkyl halides is 3. The van der Waals surface area contributed by atoms with Crippen LogP contribution in [0.25, 0.3) is 0 Å². The molecule has 1 heterocycles. The number of para-hydroxylation sites is 1. The number of nitrogens with zero attached hydrogens (tertiary/aromatic N) is 1. The van der Waals surface area contributed by atoms with Gasteiger partial charge in [-0.15, -0.1) is 0 Å². The zero-order valence-electron chi connectivity index (χ0n) is 17.7. The number of amides is 1. The Bertz CT molecular complexity index is 1080. The standard InChI is InChI=1S/C25H24F3NO2/c1-15-6-4-5-7-19(15)29-20-13-24(2,3)14-21(30)23(20)18(12-22(29)31)16-8-10-17(11-9-16)25(26,27)28/h4-11,18H,12-14H2,1-3H3. The maximum absolute atomic E-state index is 13.3. The van der Waals surface area contributed by atoms with Gasteiger partial charge in [-0.05, 0) is 48.1 Å². The average Bonchev–Trinajstić information content (AvgIpc) is 2.67. The molecule has 3 nitrogen and oxygen atoms in total. The Balaban J connectivity index is 1.86. The molecule has 31 heavy (non-hydrogen) atoms. The summed E-state index contributed by atoms with van der Waals surface area (Å²) < 4.78 is 39.0. The molecular formula is C25H24F3NO2. The van der Waals surface area contributed by atoms with Crippen LogP contribution in [0.3, 0.4) is 0 Å². The average molecular weight is 427 g/mol. The van der Waals surface area contributed by atoms with Crippen LogP contribution in [-0.2, 0) is 15.8 Å². The summed E-state index contributed by atoms with van der Waals surface area (Å²) in [4.78, 5) is 28.2. The first-order valence-electron chi connectivity index (χ1n) is 10.3. The van der Waals surface area contributed by atoms with Crippen LogP contribution in [0.4, 0.5) is 18.9 Å². The van der Waals surface area contributed by atoms with E-state index in [9.17, 15) is 22.8 Å². The lowest BCUT2D eigenvalue weighted by Crippen LogP contribution is -2.44. The molecule has 0 N–H and O–H groups in total. The van der Waals surface area contributed by atoms with Gasteiger partial charge in [-0.2, -0.15) is 13.2 Å². The molecule has 1 unspecified atom stereocenters. The molecule has 2 aromatic rings. The highest BCUT2D eigenvalue weighted by atomic mass is 19.4. The summed E-state index contributed by atoms with van der Waals surface area (Å²) in [6.45, 7) is 5.91. The highest BCUT2D eigenvalue weighted by Crippen LogP contribution is 2.48. The van der Waals surface area contributed by atoms with Gasteiger partial charge in [-0.25, -0.2) is 0 Å². The first-order valence-corrected chi connectivity index (χ1v) is 10.3. The number of ketones is 1. The highest BCUT2D eigenvalue weighted by Gasteiger charge is 2.44. The molecule has 1 amide bonds. The number of benzene rings is 2. The third kappa shape index (κ3) is 3.91. The van der Waals surface area contributed by atoms with E-state index in [-0.39, 0.29) is 23.5 Å². The van der Waals surface area contributed by atoms with Gasteiger partial charge in [0, 0.05) is 30.0 Å². The molecule has 1 aliphatic carbocycles. The minimum absolute atomic E-state index is 0.0396. The zero-order valence-corrected chi connectivity index (χ0v) is 17.7. The summed E-state index contributed by atoms with van der Waals surface area (Å²) in [5, 5.41) is 0. The molecule has 0 saturated carbocycles. The molecule has 1 aliphatic heterocycles. The first-order chi connectivity index (χ1) is 14.5. The molecule has 6 heteroatoms. The minimum atomic E-state index is -4.43. The molecule has 2 aromatic carbocycles. The number of halogens is 3. The fourth-order valence-corrected chi connectivity index (χ4v) is 4.70. The van der Waals surface area contributed by atoms with E-state index in [1.54, 1.807) is 4.90 Å². The van der Waals surface area contributed by atoms with Crippen LogP contribution in [-0.4, -0.2) is 11.7 Å². The van der Waals surface area contributed by atoms with Crippen molar-refractivity contribution in [2.75, 3.05) is 4.90 Å². The predicted molar refractivity (Wildman–Crippen MR) is 113 cm³/mol. The molecule has 0 radical (unpaired) electrons. The number of hydrogen-bond donors (Lipinski definition) is 0. The van der Waals surface area contributed by atoms with Crippen molar-refractivity contribution in [2.45, 2.75) is 52.1 Å². The molecule has 4 rings (SSSR count). The molecule has 162 valence electrons. The maximum Gasteiger partial charge on any atom is 0.416 e. The Morgan fingerprint density at radius 2 is 1.61 bits per heavy atom. The van der Waals surface area contributed by atoms with Crippen LogP contribution in [0.2, 0.25) is 0 Å². The minimum Gasteiger partial charge on any atom is -0.294 e. The topological polar surface area (TPSA) is 37.4 Å². The van der Waals surface area contributed by atoms with E-state index in [4.69, 9.17) is 0 Å². The smallest absolute Gasteiger partial charge is 0.294 e. The number of anilines is 1. The van der Waals surface area contributed by atoms with Crippen molar-refractivity contribution in [3.8, 4) is 0 Å². The van der Waals surface area contributed by atoms with Crippen molar-refractivity contribution in [1.29, 1.82) is 0 Å². The van der Waals surface area contributed by atoms with Crippen LogP contribution in [0.15, 0.2) is 59.8 Å². The number of carbonyl (C=O) groups excluding carboxylic acids is 2. The zero-order chi connectivity index (χ0) is 22.6. The van der Waals surface area contributed by atoms with E-state index in [0.717, 1.165) is 23.4 Å². The molecule has 0 spiro atoms. The summed E-state index contributed by atoms with van der Waals surface area (Å²) in [6.07, 6.45) is -3.49. The second-order valence-electron chi connectivity index (χ2n) is 9.19. The van der Waals surface area contributed by atoms with Crippen molar-refractivity contribution in [2.24, 2.45) is 5.41 Å². The van der Waals surface area contributed by atoms with Crippen LogP contribution in [0.1, 0.15) is 55.7 Å².